The van der Waals surface area contributed by atoms with Crippen LogP contribution >= 0.6 is 0 Å². The zero-order chi connectivity index (χ0) is 37.9. The zero-order valence-corrected chi connectivity index (χ0v) is 32.2. The van der Waals surface area contributed by atoms with Crippen LogP contribution < -0.4 is 0 Å². The van der Waals surface area contributed by atoms with E-state index in [4.69, 9.17) is 28.4 Å². The smallest absolute Gasteiger partial charge is 0.338 e. The lowest BCUT2D eigenvalue weighted by Crippen LogP contribution is -2.32. The van der Waals surface area contributed by atoms with E-state index >= 15 is 0 Å². The number of methoxy groups -OCH3 is 2. The maximum absolute atomic E-state index is 12.9. The summed E-state index contributed by atoms with van der Waals surface area (Å²) in [5.74, 6) is -0.00482. The molecule has 0 saturated heterocycles. The van der Waals surface area contributed by atoms with Crippen LogP contribution in [0.2, 0.25) is 0 Å². The lowest BCUT2D eigenvalue weighted by Gasteiger charge is -2.29. The van der Waals surface area contributed by atoms with Crippen LogP contribution in [-0.4, -0.2) is 82.2 Å². The topological polar surface area (TPSA) is 127 Å². The first-order valence-corrected chi connectivity index (χ1v) is 19.0. The van der Waals surface area contributed by atoms with Crippen LogP contribution in [0.4, 0.5) is 0 Å². The van der Waals surface area contributed by atoms with Crippen LogP contribution in [0.1, 0.15) is 121 Å². The van der Waals surface area contributed by atoms with Gasteiger partial charge in [-0.15, -0.1) is 0 Å². The van der Waals surface area contributed by atoms with Gasteiger partial charge in [-0.3, -0.25) is 0 Å². The average Bonchev–Trinajstić information content (AvgIpc) is 3.11. The molecule has 0 spiro atoms. The fraction of sp³-hybridized carbons (Fsp3) is 0.643. The minimum absolute atomic E-state index is 0.0239. The summed E-state index contributed by atoms with van der Waals surface area (Å²) < 4.78 is 33.3. The van der Waals surface area contributed by atoms with Gasteiger partial charge in [0.15, 0.2) is 0 Å². The Balaban J connectivity index is 0.000000280. The number of aldehydes is 1. The van der Waals surface area contributed by atoms with Crippen molar-refractivity contribution in [2.75, 3.05) is 34.4 Å². The normalized spacial score (nSPS) is 24.8. The van der Waals surface area contributed by atoms with E-state index in [9.17, 15) is 19.5 Å². The second kappa shape index (κ2) is 23.5. The molecule has 290 valence electrons. The Kier molecular flexibility index (Phi) is 19.5. The third kappa shape index (κ3) is 13.7. The molecule has 2 aliphatic heterocycles. The quantitative estimate of drug-likeness (QED) is 0.149. The number of carbonyl (C=O) groups is 3. The molecular formula is C42H62O10. The van der Waals surface area contributed by atoms with E-state index in [1.165, 1.54) is 0 Å². The van der Waals surface area contributed by atoms with Gasteiger partial charge in [-0.1, -0.05) is 63.1 Å². The van der Waals surface area contributed by atoms with Gasteiger partial charge >= 0.3 is 11.9 Å². The standard InChI is InChI=1S/C21H32O5.C21H30O5/c2*1-15-7-4-5-9-17-10-6-8-16(2)20(17)21(23)26-18(11-12-22)13-19(15)25-14-24-3/h6,8,10,15,18-19,22H,4-5,7,9,11-14H2,1-3H3;6,8,10,12,15,18-19H,4-5,7,9,11,13-14H2,1-3H3/t2*15-,18?,19+/m00/s1. The fourth-order valence-electron chi connectivity index (χ4n) is 7.24. The summed E-state index contributed by atoms with van der Waals surface area (Å²) in [5.41, 5.74) is 5.26. The summed E-state index contributed by atoms with van der Waals surface area (Å²) in [4.78, 5) is 36.8. The molecule has 2 aliphatic rings. The molecule has 2 heterocycles. The predicted octanol–water partition coefficient (Wildman–Crippen LogP) is 7.50. The monoisotopic (exact) mass is 726 g/mol. The van der Waals surface area contributed by atoms with Gasteiger partial charge in [-0.25, -0.2) is 9.59 Å². The summed E-state index contributed by atoms with van der Waals surface area (Å²) in [7, 11) is 3.19. The minimum Gasteiger partial charge on any atom is -0.459 e. The molecule has 2 aromatic carbocycles. The molecule has 1 N–H and O–H groups in total. The number of rotatable bonds is 10. The van der Waals surface area contributed by atoms with Gasteiger partial charge in [-0.2, -0.15) is 0 Å². The number of aliphatic hydroxyl groups is 1. The highest BCUT2D eigenvalue weighted by Crippen LogP contribution is 2.28. The number of benzene rings is 2. The molecule has 2 unspecified atom stereocenters. The first kappa shape index (κ1) is 43.3. The molecule has 0 aromatic heterocycles. The van der Waals surface area contributed by atoms with E-state index in [2.05, 4.69) is 13.8 Å². The van der Waals surface area contributed by atoms with Crippen LogP contribution in [0, 0.1) is 25.7 Å². The predicted molar refractivity (Wildman–Crippen MR) is 199 cm³/mol. The Morgan fingerprint density at radius 1 is 0.731 bits per heavy atom. The molecule has 0 radical (unpaired) electrons. The van der Waals surface area contributed by atoms with Crippen molar-refractivity contribution in [2.24, 2.45) is 11.8 Å². The molecule has 10 heteroatoms. The second-order valence-corrected chi connectivity index (χ2v) is 14.3. The number of aryl methyl sites for hydroxylation is 4. The maximum atomic E-state index is 12.9. The van der Waals surface area contributed by atoms with Crippen LogP contribution in [0.3, 0.4) is 0 Å². The number of ether oxygens (including phenoxy) is 6. The van der Waals surface area contributed by atoms with E-state index in [-0.39, 0.29) is 56.9 Å². The van der Waals surface area contributed by atoms with Gasteiger partial charge in [0.05, 0.1) is 23.3 Å². The Labute approximate surface area is 310 Å². The largest absolute Gasteiger partial charge is 0.459 e. The number of carbonyl (C=O) groups excluding carboxylic acids is 3. The van der Waals surface area contributed by atoms with Crippen molar-refractivity contribution in [3.05, 3.63) is 69.8 Å². The highest BCUT2D eigenvalue weighted by Gasteiger charge is 2.29. The molecule has 0 saturated carbocycles. The second-order valence-electron chi connectivity index (χ2n) is 14.3. The SMILES string of the molecule is COCO[C@@H]1CC(CC=O)OC(=O)c2c(C)cccc2CCCC[C@@H]1C.COCO[C@@H]1CC(CCO)OC(=O)c2c(C)cccc2CCCC[C@@H]1C. The van der Waals surface area contributed by atoms with Crippen molar-refractivity contribution in [1.29, 1.82) is 0 Å². The van der Waals surface area contributed by atoms with Gasteiger partial charge in [0, 0.05) is 46.5 Å². The maximum Gasteiger partial charge on any atom is 0.338 e. The van der Waals surface area contributed by atoms with Crippen molar-refractivity contribution in [3.63, 3.8) is 0 Å². The van der Waals surface area contributed by atoms with Crippen molar-refractivity contribution in [2.45, 2.75) is 129 Å². The zero-order valence-electron chi connectivity index (χ0n) is 32.2. The number of esters is 2. The van der Waals surface area contributed by atoms with E-state index in [0.29, 0.717) is 42.2 Å². The summed E-state index contributed by atoms with van der Waals surface area (Å²) >= 11 is 0. The Morgan fingerprint density at radius 2 is 1.19 bits per heavy atom. The van der Waals surface area contributed by atoms with Crippen molar-refractivity contribution >= 4 is 18.2 Å². The van der Waals surface area contributed by atoms with Gasteiger partial charge in [0.25, 0.3) is 0 Å². The van der Waals surface area contributed by atoms with Gasteiger partial charge in [0.2, 0.25) is 0 Å². The first-order chi connectivity index (χ1) is 25.1. The molecule has 0 aliphatic carbocycles. The van der Waals surface area contributed by atoms with Crippen molar-refractivity contribution < 1.29 is 47.9 Å². The number of hydrogen-bond donors (Lipinski definition) is 1. The van der Waals surface area contributed by atoms with Crippen LogP contribution in [-0.2, 0) is 46.1 Å². The number of fused-ring (bicyclic) bond motifs is 2. The lowest BCUT2D eigenvalue weighted by molar-refractivity contribution is -0.114. The van der Waals surface area contributed by atoms with E-state index in [1.807, 2.05) is 50.2 Å². The van der Waals surface area contributed by atoms with Crippen LogP contribution in [0.5, 0.6) is 0 Å². The van der Waals surface area contributed by atoms with E-state index in [0.717, 1.165) is 79.9 Å². The number of hydrogen-bond acceptors (Lipinski definition) is 10. The van der Waals surface area contributed by atoms with Crippen molar-refractivity contribution in [3.8, 4) is 0 Å². The Morgan fingerprint density at radius 3 is 1.63 bits per heavy atom. The van der Waals surface area contributed by atoms with Gasteiger partial charge in [-0.05, 0) is 86.5 Å². The Bertz CT molecular complexity index is 1380. The van der Waals surface area contributed by atoms with Crippen molar-refractivity contribution in [1.82, 2.24) is 0 Å². The van der Waals surface area contributed by atoms with E-state index < -0.39 is 6.10 Å². The van der Waals surface area contributed by atoms with Gasteiger partial charge < -0.3 is 38.3 Å². The molecule has 0 fully saturated rings. The average molecular weight is 727 g/mol. The molecule has 0 bridgehead atoms. The first-order valence-electron chi connectivity index (χ1n) is 19.0. The molecular weight excluding hydrogens is 664 g/mol. The molecule has 2 aromatic rings. The highest BCUT2D eigenvalue weighted by atomic mass is 16.7. The molecule has 6 atom stereocenters. The lowest BCUT2D eigenvalue weighted by atomic mass is 9.90. The highest BCUT2D eigenvalue weighted by molar-refractivity contribution is 5.93. The van der Waals surface area contributed by atoms with E-state index in [1.54, 1.807) is 14.2 Å². The molecule has 0 amide bonds. The fourth-order valence-corrected chi connectivity index (χ4v) is 7.24. The molecule has 4 rings (SSSR count). The molecule has 52 heavy (non-hydrogen) atoms. The third-order valence-electron chi connectivity index (χ3n) is 10.3. The molecule has 10 nitrogen and oxygen atoms in total. The van der Waals surface area contributed by atoms with Crippen LogP contribution in [0.15, 0.2) is 36.4 Å². The third-order valence-corrected chi connectivity index (χ3v) is 10.3. The van der Waals surface area contributed by atoms with Gasteiger partial charge in [0.1, 0.15) is 32.1 Å². The number of aliphatic hydroxyl groups excluding tert-OH is 1. The summed E-state index contributed by atoms with van der Waals surface area (Å²) in [6, 6.07) is 11.9. The summed E-state index contributed by atoms with van der Waals surface area (Å²) in [6.45, 7) is 8.57. The summed E-state index contributed by atoms with van der Waals surface area (Å²) in [5, 5.41) is 9.41. The Hall–Kier alpha value is -3.15. The van der Waals surface area contributed by atoms with Crippen LogP contribution in [0.25, 0.3) is 0 Å². The summed E-state index contributed by atoms with van der Waals surface area (Å²) in [6.07, 6.45) is 9.41. The minimum atomic E-state index is -0.490. The number of cyclic esters (lactones) is 2.